The van der Waals surface area contributed by atoms with Crippen LogP contribution in [0, 0.1) is 6.92 Å². The van der Waals surface area contributed by atoms with Crippen molar-refractivity contribution in [1.82, 2.24) is 15.6 Å². The van der Waals surface area contributed by atoms with Gasteiger partial charge in [-0.25, -0.2) is 4.98 Å². The van der Waals surface area contributed by atoms with Crippen LogP contribution in [0.4, 0.5) is 0 Å². The summed E-state index contributed by atoms with van der Waals surface area (Å²) in [7, 11) is 0. The van der Waals surface area contributed by atoms with Crippen LogP contribution in [0.2, 0.25) is 0 Å². The number of amides is 1. The molecule has 1 aromatic carbocycles. The topological polar surface area (TPSA) is 67.2 Å². The Balaban J connectivity index is 1.49. The fraction of sp³-hybridized carbons (Fsp3) is 0.500. The zero-order valence-corrected chi connectivity index (χ0v) is 14.9. The van der Waals surface area contributed by atoms with Crippen molar-refractivity contribution >= 4 is 5.91 Å². The van der Waals surface area contributed by atoms with Crippen LogP contribution >= 0.6 is 0 Å². The van der Waals surface area contributed by atoms with Crippen molar-refractivity contribution in [2.24, 2.45) is 0 Å². The minimum Gasteiger partial charge on any atom is -0.431 e. The molecule has 1 aromatic heterocycles. The van der Waals surface area contributed by atoms with E-state index < -0.39 is 0 Å². The highest BCUT2D eigenvalue weighted by molar-refractivity contribution is 5.92. The first kappa shape index (κ1) is 17.7. The third kappa shape index (κ3) is 4.92. The lowest BCUT2D eigenvalue weighted by Crippen LogP contribution is -2.36. The van der Waals surface area contributed by atoms with Crippen molar-refractivity contribution < 1.29 is 9.21 Å². The van der Waals surface area contributed by atoms with E-state index in [2.05, 4.69) is 15.6 Å². The Hall–Kier alpha value is -2.14. The quantitative estimate of drug-likeness (QED) is 0.621. The molecule has 1 saturated carbocycles. The summed E-state index contributed by atoms with van der Waals surface area (Å²) in [6.45, 7) is 3.18. The molecule has 0 spiro atoms. The first-order valence-electron chi connectivity index (χ1n) is 9.28. The second kappa shape index (κ2) is 8.81. The predicted molar refractivity (Wildman–Crippen MR) is 98.5 cm³/mol. The number of carbonyl (C=O) groups is 1. The summed E-state index contributed by atoms with van der Waals surface area (Å²) in [4.78, 5) is 16.7. The van der Waals surface area contributed by atoms with Gasteiger partial charge in [-0.3, -0.25) is 4.79 Å². The first-order chi connectivity index (χ1) is 12.2. The molecule has 5 nitrogen and oxygen atoms in total. The average molecular weight is 341 g/mol. The molecular weight excluding hydrogens is 314 g/mol. The van der Waals surface area contributed by atoms with Gasteiger partial charge >= 0.3 is 0 Å². The number of nitrogens with one attached hydrogen (secondary N) is 2. The molecule has 0 aliphatic heterocycles. The minimum atomic E-state index is -0.199. The predicted octanol–water partition coefficient (Wildman–Crippen LogP) is 3.69. The largest absolute Gasteiger partial charge is 0.431 e. The van der Waals surface area contributed by atoms with Crippen LogP contribution < -0.4 is 10.6 Å². The van der Waals surface area contributed by atoms with Crippen LogP contribution in [0.25, 0.3) is 11.5 Å². The summed E-state index contributed by atoms with van der Waals surface area (Å²) in [5.41, 5.74) is 1.49. The molecule has 2 aromatic rings. The highest BCUT2D eigenvalue weighted by Crippen LogP contribution is 2.21. The molecule has 0 bridgehead atoms. The van der Waals surface area contributed by atoms with Gasteiger partial charge in [0.25, 0.3) is 5.91 Å². The van der Waals surface area contributed by atoms with Gasteiger partial charge in [-0.15, -0.1) is 0 Å². The number of rotatable bonds is 6. The Bertz CT molecular complexity index is 674. The second-order valence-electron chi connectivity index (χ2n) is 6.70. The summed E-state index contributed by atoms with van der Waals surface area (Å²) in [5, 5.41) is 6.48. The van der Waals surface area contributed by atoms with Crippen molar-refractivity contribution in [3.8, 4) is 11.5 Å². The molecule has 25 heavy (non-hydrogen) atoms. The number of carbonyl (C=O) groups excluding carboxylic acids is 1. The Labute approximate surface area is 149 Å². The van der Waals surface area contributed by atoms with Crippen molar-refractivity contribution in [2.75, 3.05) is 13.1 Å². The van der Waals surface area contributed by atoms with Gasteiger partial charge in [0.15, 0.2) is 0 Å². The molecule has 3 rings (SSSR count). The van der Waals surface area contributed by atoms with Gasteiger partial charge in [0.05, 0.1) is 5.69 Å². The fourth-order valence-corrected chi connectivity index (χ4v) is 3.33. The van der Waals surface area contributed by atoms with Crippen molar-refractivity contribution in [1.29, 1.82) is 0 Å². The molecule has 2 N–H and O–H groups in total. The molecule has 1 heterocycles. The number of nitrogens with zero attached hydrogens (tertiary/aromatic N) is 1. The molecule has 0 radical (unpaired) electrons. The highest BCUT2D eigenvalue weighted by Gasteiger charge is 2.18. The molecule has 1 fully saturated rings. The van der Waals surface area contributed by atoms with E-state index in [0.29, 0.717) is 29.9 Å². The van der Waals surface area contributed by atoms with Crippen molar-refractivity contribution in [3.63, 3.8) is 0 Å². The van der Waals surface area contributed by atoms with Crippen LogP contribution in [0.1, 0.15) is 54.8 Å². The highest BCUT2D eigenvalue weighted by atomic mass is 16.4. The lowest BCUT2D eigenvalue weighted by Gasteiger charge is -2.16. The maximum absolute atomic E-state index is 12.3. The van der Waals surface area contributed by atoms with Crippen LogP contribution in [0.3, 0.4) is 0 Å². The maximum Gasteiger partial charge on any atom is 0.289 e. The normalized spacial score (nSPS) is 15.7. The van der Waals surface area contributed by atoms with E-state index in [-0.39, 0.29) is 5.91 Å². The number of hydrogen-bond donors (Lipinski definition) is 2. The van der Waals surface area contributed by atoms with E-state index >= 15 is 0 Å². The number of benzene rings is 1. The first-order valence-corrected chi connectivity index (χ1v) is 9.28. The van der Waals surface area contributed by atoms with Crippen LogP contribution in [0.5, 0.6) is 0 Å². The number of oxazole rings is 1. The number of hydrogen-bond acceptors (Lipinski definition) is 4. The van der Waals surface area contributed by atoms with E-state index in [1.807, 2.05) is 30.3 Å². The minimum absolute atomic E-state index is 0.199. The van der Waals surface area contributed by atoms with Gasteiger partial charge in [0.2, 0.25) is 11.7 Å². The van der Waals surface area contributed by atoms with E-state index in [1.54, 1.807) is 6.92 Å². The fourth-order valence-electron chi connectivity index (χ4n) is 3.33. The molecule has 134 valence electrons. The zero-order chi connectivity index (χ0) is 17.5. The molecule has 1 aliphatic rings. The van der Waals surface area contributed by atoms with Gasteiger partial charge < -0.3 is 15.1 Å². The standard InChI is InChI=1S/C20H27N3O2/c1-15-18(25-20(23-15)16-9-5-4-6-10-16)19(24)22-14-13-21-17-11-7-2-3-8-12-17/h4-6,9-10,17,21H,2-3,7-8,11-14H2,1H3,(H,22,24). The van der Waals surface area contributed by atoms with Gasteiger partial charge in [-0.2, -0.15) is 0 Å². The van der Waals surface area contributed by atoms with E-state index in [0.717, 1.165) is 12.1 Å². The summed E-state index contributed by atoms with van der Waals surface area (Å²) in [5.74, 6) is 0.586. The molecule has 1 amide bonds. The molecule has 0 atom stereocenters. The van der Waals surface area contributed by atoms with Crippen molar-refractivity contribution in [2.45, 2.75) is 51.5 Å². The van der Waals surface area contributed by atoms with Gasteiger partial charge in [-0.05, 0) is 31.9 Å². The van der Waals surface area contributed by atoms with Crippen molar-refractivity contribution in [3.05, 3.63) is 41.8 Å². The summed E-state index contributed by atoms with van der Waals surface area (Å²) >= 11 is 0. The molecule has 0 unspecified atom stereocenters. The Kier molecular flexibility index (Phi) is 6.23. The maximum atomic E-state index is 12.3. The molecule has 5 heteroatoms. The average Bonchev–Trinajstić information content (AvgIpc) is 2.85. The monoisotopic (exact) mass is 341 g/mol. The van der Waals surface area contributed by atoms with Crippen LogP contribution in [-0.2, 0) is 0 Å². The zero-order valence-electron chi connectivity index (χ0n) is 14.9. The lowest BCUT2D eigenvalue weighted by molar-refractivity contribution is 0.0926. The number of aryl methyl sites for hydroxylation is 1. The third-order valence-electron chi connectivity index (χ3n) is 4.72. The third-order valence-corrected chi connectivity index (χ3v) is 4.72. The Morgan fingerprint density at radius 2 is 1.84 bits per heavy atom. The molecular formula is C20H27N3O2. The second-order valence-corrected chi connectivity index (χ2v) is 6.70. The summed E-state index contributed by atoms with van der Waals surface area (Å²) in [6, 6.07) is 10.2. The van der Waals surface area contributed by atoms with Crippen LogP contribution in [-0.4, -0.2) is 30.0 Å². The Morgan fingerprint density at radius 1 is 1.12 bits per heavy atom. The van der Waals surface area contributed by atoms with Gasteiger partial charge in [-0.1, -0.05) is 43.9 Å². The van der Waals surface area contributed by atoms with Gasteiger partial charge in [0.1, 0.15) is 0 Å². The van der Waals surface area contributed by atoms with E-state index in [1.165, 1.54) is 38.5 Å². The van der Waals surface area contributed by atoms with E-state index in [4.69, 9.17) is 4.42 Å². The Morgan fingerprint density at radius 3 is 2.56 bits per heavy atom. The van der Waals surface area contributed by atoms with Crippen LogP contribution in [0.15, 0.2) is 34.7 Å². The summed E-state index contributed by atoms with van der Waals surface area (Å²) in [6.07, 6.45) is 7.81. The lowest BCUT2D eigenvalue weighted by atomic mass is 10.1. The number of aromatic nitrogens is 1. The molecule has 1 aliphatic carbocycles. The van der Waals surface area contributed by atoms with Gasteiger partial charge in [0, 0.05) is 24.7 Å². The smallest absolute Gasteiger partial charge is 0.289 e. The van der Waals surface area contributed by atoms with E-state index in [9.17, 15) is 4.79 Å². The summed E-state index contributed by atoms with van der Waals surface area (Å²) < 4.78 is 5.68. The SMILES string of the molecule is Cc1nc(-c2ccccc2)oc1C(=O)NCCNC1CCCCCC1. The molecule has 0 saturated heterocycles.